The van der Waals surface area contributed by atoms with Crippen LogP contribution in [0.3, 0.4) is 0 Å². The molecule has 9 heteroatoms. The summed E-state index contributed by atoms with van der Waals surface area (Å²) in [5.41, 5.74) is 2.32. The van der Waals surface area contributed by atoms with Crippen molar-refractivity contribution < 1.29 is 24.4 Å². The van der Waals surface area contributed by atoms with Crippen molar-refractivity contribution in [2.45, 2.75) is 16.2 Å². The van der Waals surface area contributed by atoms with E-state index in [4.69, 9.17) is 21.8 Å². The molecular weight excluding hydrogens is 428 g/mol. The number of halogens is 1. The summed E-state index contributed by atoms with van der Waals surface area (Å²) in [6, 6.07) is 14.4. The van der Waals surface area contributed by atoms with E-state index >= 15 is 0 Å². The smallest absolute Gasteiger partial charge is 0.328 e. The van der Waals surface area contributed by atoms with Crippen LogP contribution in [0.2, 0.25) is 5.02 Å². The van der Waals surface area contributed by atoms with Gasteiger partial charge in [-0.1, -0.05) is 35.5 Å². The monoisotopic (exact) mass is 450 g/mol. The van der Waals surface area contributed by atoms with Crippen LogP contribution in [0.5, 0.6) is 0 Å². The van der Waals surface area contributed by atoms with Gasteiger partial charge in [-0.15, -0.1) is 0 Å². The van der Waals surface area contributed by atoms with E-state index < -0.39 is 11.9 Å². The number of benzene rings is 2. The lowest BCUT2D eigenvalue weighted by Crippen LogP contribution is -2.35. The first-order valence-corrected chi connectivity index (χ1v) is 10.3. The Hall–Kier alpha value is -2.52. The van der Waals surface area contributed by atoms with Crippen LogP contribution in [0.4, 0.5) is 11.4 Å². The number of carboxylic acid groups (broad SMARTS) is 2. The normalized spacial score (nSPS) is 12.6. The summed E-state index contributed by atoms with van der Waals surface area (Å²) >= 11 is 7.95. The molecule has 2 N–H and O–H groups in total. The number of hydrogen-bond acceptors (Lipinski definition) is 5. The summed E-state index contributed by atoms with van der Waals surface area (Å²) in [5, 5.41) is 28.1. The number of para-hydroxylation sites is 1. The lowest BCUT2D eigenvalue weighted by atomic mass is 10.2. The van der Waals surface area contributed by atoms with Crippen molar-refractivity contribution in [2.24, 2.45) is 0 Å². The van der Waals surface area contributed by atoms with E-state index in [1.54, 1.807) is 25.9 Å². The largest absolute Gasteiger partial charge is 0.633 e. The second-order valence-corrected chi connectivity index (χ2v) is 8.51. The molecule has 0 saturated heterocycles. The molecule has 0 amide bonds. The summed E-state index contributed by atoms with van der Waals surface area (Å²) in [4.78, 5) is 23.8. The van der Waals surface area contributed by atoms with Crippen LogP contribution in [-0.2, 0) is 9.59 Å². The minimum Gasteiger partial charge on any atom is -0.633 e. The number of anilines is 2. The molecule has 1 heterocycles. The fraction of sp³-hybridized carbons (Fsp3) is 0.238. The van der Waals surface area contributed by atoms with Crippen LogP contribution < -0.4 is 4.90 Å². The van der Waals surface area contributed by atoms with Crippen LogP contribution >= 0.6 is 23.4 Å². The molecule has 0 saturated carbocycles. The first-order chi connectivity index (χ1) is 14.1. The number of hydroxylamine groups is 3. The van der Waals surface area contributed by atoms with Crippen LogP contribution in [0.15, 0.2) is 64.4 Å². The Morgan fingerprint density at radius 1 is 1.07 bits per heavy atom. The van der Waals surface area contributed by atoms with Crippen molar-refractivity contribution in [3.8, 4) is 0 Å². The van der Waals surface area contributed by atoms with Crippen molar-refractivity contribution in [3.63, 3.8) is 0 Å². The summed E-state index contributed by atoms with van der Waals surface area (Å²) in [6.07, 6.45) is 1.95. The standard InChI is InChI=1S/C17H19ClN2OS.C4H4O4/c1-20(2,21)11-5-10-19-14-6-3-4-7-16(14)22-17-9-8-13(18)12-15(17)19;5-3(6)1-2-4(7)8/h3-4,6-9,12H,5,10-11H2,1-2H3;1-2H,(H,5,6)(H,7,8)/b;2-1+. The van der Waals surface area contributed by atoms with Gasteiger partial charge in [-0.25, -0.2) is 9.59 Å². The first kappa shape index (κ1) is 23.8. The van der Waals surface area contributed by atoms with Crippen molar-refractivity contribution in [1.29, 1.82) is 0 Å². The molecule has 3 rings (SSSR count). The minimum atomic E-state index is -1.26. The van der Waals surface area contributed by atoms with E-state index in [0.717, 1.165) is 23.7 Å². The highest BCUT2D eigenvalue weighted by Gasteiger charge is 2.23. The van der Waals surface area contributed by atoms with E-state index in [1.807, 2.05) is 12.1 Å². The van der Waals surface area contributed by atoms with Crippen LogP contribution in [0.1, 0.15) is 6.42 Å². The molecule has 1 aliphatic rings. The molecular formula is C21H23ClN2O5S. The molecule has 30 heavy (non-hydrogen) atoms. The molecule has 0 atom stereocenters. The quantitative estimate of drug-likeness (QED) is 0.376. The maximum absolute atomic E-state index is 11.8. The Bertz CT molecular complexity index is 927. The van der Waals surface area contributed by atoms with Crippen LogP contribution in [-0.4, -0.2) is 54.0 Å². The number of hydrogen-bond donors (Lipinski definition) is 2. The van der Waals surface area contributed by atoms with Gasteiger partial charge in [0.05, 0.1) is 32.0 Å². The molecule has 0 radical (unpaired) electrons. The Morgan fingerprint density at radius 3 is 2.27 bits per heavy atom. The number of carboxylic acids is 2. The Kier molecular flexibility index (Phi) is 8.31. The van der Waals surface area contributed by atoms with Gasteiger partial charge in [0, 0.05) is 39.9 Å². The molecule has 0 aliphatic carbocycles. The predicted molar refractivity (Wildman–Crippen MR) is 118 cm³/mol. The SMILES string of the molecule is C[N+](C)([O-])CCCN1c2ccccc2Sc2ccc(Cl)cc21.O=C(O)/C=C/C(=O)O. The van der Waals surface area contributed by atoms with Gasteiger partial charge in [0.2, 0.25) is 0 Å². The third-order valence-electron chi connectivity index (χ3n) is 4.03. The van der Waals surface area contributed by atoms with Crippen LogP contribution in [0, 0.1) is 5.21 Å². The topological polar surface area (TPSA) is 101 Å². The number of quaternary nitrogens is 1. The number of rotatable bonds is 6. The summed E-state index contributed by atoms with van der Waals surface area (Å²) in [7, 11) is 3.37. The Morgan fingerprint density at radius 2 is 1.67 bits per heavy atom. The van der Waals surface area contributed by atoms with Gasteiger partial charge in [0.15, 0.2) is 0 Å². The zero-order chi connectivity index (χ0) is 22.3. The Labute approximate surface area is 184 Å². The molecule has 1 aliphatic heterocycles. The van der Waals surface area contributed by atoms with Gasteiger partial charge in [-0.05, 0) is 30.3 Å². The second kappa shape index (κ2) is 10.5. The van der Waals surface area contributed by atoms with E-state index in [9.17, 15) is 14.8 Å². The maximum Gasteiger partial charge on any atom is 0.328 e. The van der Waals surface area contributed by atoms with Crippen molar-refractivity contribution in [3.05, 3.63) is 64.8 Å². The van der Waals surface area contributed by atoms with E-state index in [2.05, 4.69) is 35.2 Å². The molecule has 0 unspecified atom stereocenters. The van der Waals surface area contributed by atoms with Crippen molar-refractivity contribution >= 4 is 46.7 Å². The van der Waals surface area contributed by atoms with Crippen LogP contribution in [0.25, 0.3) is 0 Å². The van der Waals surface area contributed by atoms with Crippen molar-refractivity contribution in [1.82, 2.24) is 0 Å². The van der Waals surface area contributed by atoms with Gasteiger partial charge in [0.25, 0.3) is 0 Å². The third-order valence-corrected chi connectivity index (χ3v) is 5.40. The number of fused-ring (bicyclic) bond motifs is 2. The molecule has 160 valence electrons. The fourth-order valence-electron chi connectivity index (χ4n) is 2.80. The molecule has 0 fully saturated rings. The average Bonchev–Trinajstić information content (AvgIpc) is 2.66. The lowest BCUT2D eigenvalue weighted by molar-refractivity contribution is -0.840. The molecule has 2 aromatic rings. The first-order valence-electron chi connectivity index (χ1n) is 9.09. The number of nitrogens with zero attached hydrogens (tertiary/aromatic N) is 2. The second-order valence-electron chi connectivity index (χ2n) is 6.99. The molecule has 0 spiro atoms. The van der Waals surface area contributed by atoms with Gasteiger partial charge in [-0.3, -0.25) is 0 Å². The molecule has 2 aromatic carbocycles. The van der Waals surface area contributed by atoms with Gasteiger partial charge >= 0.3 is 11.9 Å². The van der Waals surface area contributed by atoms with E-state index in [1.165, 1.54) is 15.5 Å². The summed E-state index contributed by atoms with van der Waals surface area (Å²) < 4.78 is -0.257. The zero-order valence-electron chi connectivity index (χ0n) is 16.6. The highest BCUT2D eigenvalue weighted by Crippen LogP contribution is 2.48. The highest BCUT2D eigenvalue weighted by atomic mass is 35.5. The van der Waals surface area contributed by atoms with Gasteiger partial charge in [0.1, 0.15) is 0 Å². The summed E-state index contributed by atoms with van der Waals surface area (Å²) in [5.74, 6) is -2.51. The van der Waals surface area contributed by atoms with E-state index in [0.29, 0.717) is 18.7 Å². The number of carbonyl (C=O) groups is 2. The minimum absolute atomic E-state index is 0.257. The Balaban J connectivity index is 0.000000343. The van der Waals surface area contributed by atoms with Crippen molar-refractivity contribution in [2.75, 3.05) is 32.1 Å². The molecule has 7 nitrogen and oxygen atoms in total. The number of aliphatic carboxylic acids is 2. The summed E-state index contributed by atoms with van der Waals surface area (Å²) in [6.45, 7) is 1.41. The van der Waals surface area contributed by atoms with Gasteiger partial charge < -0.3 is 25.0 Å². The maximum atomic E-state index is 11.8. The highest BCUT2D eigenvalue weighted by molar-refractivity contribution is 7.99. The van der Waals surface area contributed by atoms with Gasteiger partial charge in [-0.2, -0.15) is 0 Å². The predicted octanol–water partition coefficient (Wildman–Crippen LogP) is 4.62. The third kappa shape index (κ3) is 7.38. The van der Waals surface area contributed by atoms with E-state index in [-0.39, 0.29) is 4.65 Å². The fourth-order valence-corrected chi connectivity index (χ4v) is 4.04. The lowest BCUT2D eigenvalue weighted by Gasteiger charge is -2.36. The average molecular weight is 451 g/mol. The molecule has 0 aromatic heterocycles. The zero-order valence-corrected chi connectivity index (χ0v) is 18.2. The molecule has 0 bridgehead atoms.